The number of amides is 1. The van der Waals surface area contributed by atoms with Crippen LogP contribution in [0, 0.1) is 20.8 Å². The monoisotopic (exact) mass is 440 g/mol. The van der Waals surface area contributed by atoms with Crippen molar-refractivity contribution in [1.29, 1.82) is 0 Å². The Morgan fingerprint density at radius 1 is 1.03 bits per heavy atom. The zero-order valence-electron chi connectivity index (χ0n) is 18.5. The fourth-order valence-electron chi connectivity index (χ4n) is 3.64. The van der Waals surface area contributed by atoms with E-state index in [9.17, 15) is 13.2 Å². The second-order valence-electron chi connectivity index (χ2n) is 7.32. The van der Waals surface area contributed by atoms with Gasteiger partial charge in [-0.05, 0) is 50.6 Å². The van der Waals surface area contributed by atoms with Crippen LogP contribution < -0.4 is 5.32 Å². The molecule has 0 atom stereocenters. The first kappa shape index (κ1) is 22.7. The van der Waals surface area contributed by atoms with Crippen LogP contribution in [0.1, 0.15) is 41.2 Å². The summed E-state index contributed by atoms with van der Waals surface area (Å²) in [6, 6.07) is 14.5. The van der Waals surface area contributed by atoms with Gasteiger partial charge in [-0.3, -0.25) is 4.79 Å². The molecule has 0 aliphatic heterocycles. The van der Waals surface area contributed by atoms with E-state index in [0.717, 1.165) is 5.69 Å². The molecule has 7 nitrogen and oxygen atoms in total. The highest BCUT2D eigenvalue weighted by Gasteiger charge is 2.25. The Morgan fingerprint density at radius 3 is 2.29 bits per heavy atom. The number of carbonyl (C=O) groups excluding carboxylic acids is 1. The first-order chi connectivity index (χ1) is 14.7. The van der Waals surface area contributed by atoms with Gasteiger partial charge < -0.3 is 5.32 Å². The van der Waals surface area contributed by atoms with Crippen LogP contribution in [0.3, 0.4) is 0 Å². The van der Waals surface area contributed by atoms with E-state index in [2.05, 4.69) is 10.4 Å². The molecule has 3 aromatic rings. The minimum Gasteiger partial charge on any atom is -0.322 e. The van der Waals surface area contributed by atoms with Crippen LogP contribution in [-0.4, -0.2) is 41.5 Å². The number of para-hydroxylation sites is 1. The number of sulfonamides is 1. The lowest BCUT2D eigenvalue weighted by Crippen LogP contribution is -2.31. The zero-order valence-corrected chi connectivity index (χ0v) is 19.3. The summed E-state index contributed by atoms with van der Waals surface area (Å²) in [7, 11) is -3.64. The first-order valence-corrected chi connectivity index (χ1v) is 11.7. The van der Waals surface area contributed by atoms with E-state index < -0.39 is 10.0 Å². The molecule has 0 bridgehead atoms. The van der Waals surface area contributed by atoms with Crippen LogP contribution in [0.5, 0.6) is 0 Å². The SMILES string of the molecule is CCN(CC)S(=O)(=O)c1cc(NC(=O)c2c(C)nn(-c3ccccc3)c2C)ccc1C. The lowest BCUT2D eigenvalue weighted by molar-refractivity contribution is 0.102. The van der Waals surface area contributed by atoms with Gasteiger partial charge in [0.15, 0.2) is 0 Å². The summed E-state index contributed by atoms with van der Waals surface area (Å²) in [5, 5.41) is 7.36. The number of anilines is 1. The second kappa shape index (κ2) is 9.03. The fourth-order valence-corrected chi connectivity index (χ4v) is 5.35. The molecule has 31 heavy (non-hydrogen) atoms. The Balaban J connectivity index is 1.94. The third kappa shape index (κ3) is 4.40. The minimum absolute atomic E-state index is 0.197. The van der Waals surface area contributed by atoms with Crippen molar-refractivity contribution in [3.63, 3.8) is 0 Å². The summed E-state index contributed by atoms with van der Waals surface area (Å²) in [5.74, 6) is -0.327. The standard InChI is InChI=1S/C23H28N4O3S/c1-6-26(7-2)31(29,30)21-15-19(14-13-16(21)3)24-23(28)22-17(4)25-27(18(22)5)20-11-9-8-10-12-20/h8-15H,6-7H2,1-5H3,(H,24,28). The third-order valence-corrected chi connectivity index (χ3v) is 7.48. The largest absolute Gasteiger partial charge is 0.322 e. The molecule has 0 saturated carbocycles. The van der Waals surface area contributed by atoms with Gasteiger partial charge in [0.2, 0.25) is 10.0 Å². The molecule has 2 aromatic carbocycles. The molecule has 3 rings (SSSR count). The number of hydrogen-bond acceptors (Lipinski definition) is 4. The van der Waals surface area contributed by atoms with Crippen LogP contribution in [-0.2, 0) is 10.0 Å². The number of benzene rings is 2. The fraction of sp³-hybridized carbons (Fsp3) is 0.304. The van der Waals surface area contributed by atoms with Crippen molar-refractivity contribution in [3.8, 4) is 5.69 Å². The van der Waals surface area contributed by atoms with E-state index in [1.165, 1.54) is 10.4 Å². The first-order valence-electron chi connectivity index (χ1n) is 10.2. The average Bonchev–Trinajstić information content (AvgIpc) is 3.04. The lowest BCUT2D eigenvalue weighted by Gasteiger charge is -2.20. The van der Waals surface area contributed by atoms with Gasteiger partial charge in [0.25, 0.3) is 5.91 Å². The molecule has 0 unspecified atom stereocenters. The molecule has 1 amide bonds. The van der Waals surface area contributed by atoms with Crippen LogP contribution in [0.15, 0.2) is 53.4 Å². The number of aromatic nitrogens is 2. The molecular formula is C23H28N4O3S. The van der Waals surface area contributed by atoms with Crippen LogP contribution in [0.2, 0.25) is 0 Å². The van der Waals surface area contributed by atoms with Crippen molar-refractivity contribution in [2.75, 3.05) is 18.4 Å². The lowest BCUT2D eigenvalue weighted by atomic mass is 10.1. The maximum absolute atomic E-state index is 13.1. The van der Waals surface area contributed by atoms with Crippen LogP contribution in [0.25, 0.3) is 5.69 Å². The summed E-state index contributed by atoms with van der Waals surface area (Å²) in [6.07, 6.45) is 0. The van der Waals surface area contributed by atoms with Gasteiger partial charge >= 0.3 is 0 Å². The van der Waals surface area contributed by atoms with E-state index in [1.54, 1.807) is 44.5 Å². The summed E-state index contributed by atoms with van der Waals surface area (Å²) >= 11 is 0. The second-order valence-corrected chi connectivity index (χ2v) is 9.22. The van der Waals surface area contributed by atoms with E-state index in [-0.39, 0.29) is 10.8 Å². The van der Waals surface area contributed by atoms with Gasteiger partial charge in [0.1, 0.15) is 0 Å². The molecule has 0 radical (unpaired) electrons. The predicted molar refractivity (Wildman–Crippen MR) is 122 cm³/mol. The van der Waals surface area contributed by atoms with Crippen molar-refractivity contribution in [1.82, 2.24) is 14.1 Å². The van der Waals surface area contributed by atoms with Crippen molar-refractivity contribution < 1.29 is 13.2 Å². The summed E-state index contributed by atoms with van der Waals surface area (Å²) < 4.78 is 29.1. The molecule has 0 saturated heterocycles. The zero-order chi connectivity index (χ0) is 22.8. The minimum atomic E-state index is -3.64. The number of aryl methyl sites for hydroxylation is 2. The number of carbonyl (C=O) groups is 1. The van der Waals surface area contributed by atoms with E-state index in [4.69, 9.17) is 0 Å². The smallest absolute Gasteiger partial charge is 0.259 e. The molecule has 164 valence electrons. The molecule has 0 aliphatic rings. The van der Waals surface area contributed by atoms with Gasteiger partial charge in [0.05, 0.1) is 27.5 Å². The Bertz CT molecular complexity index is 1200. The Labute approximate surface area is 183 Å². The molecule has 1 heterocycles. The van der Waals surface area contributed by atoms with Gasteiger partial charge in [0, 0.05) is 18.8 Å². The molecular weight excluding hydrogens is 412 g/mol. The van der Waals surface area contributed by atoms with Gasteiger partial charge in [-0.2, -0.15) is 9.40 Å². The summed E-state index contributed by atoms with van der Waals surface area (Å²) in [5.41, 5.74) is 3.70. The molecule has 1 aromatic heterocycles. The van der Waals surface area contributed by atoms with E-state index in [0.29, 0.717) is 41.3 Å². The summed E-state index contributed by atoms with van der Waals surface area (Å²) in [6.45, 7) is 9.74. The maximum Gasteiger partial charge on any atom is 0.259 e. The average molecular weight is 441 g/mol. The quantitative estimate of drug-likeness (QED) is 0.600. The molecule has 8 heteroatoms. The van der Waals surface area contributed by atoms with Crippen molar-refractivity contribution in [2.24, 2.45) is 0 Å². The highest BCUT2D eigenvalue weighted by Crippen LogP contribution is 2.25. The van der Waals surface area contributed by atoms with Crippen molar-refractivity contribution in [3.05, 3.63) is 71.0 Å². The molecule has 0 aliphatic carbocycles. The topological polar surface area (TPSA) is 84.3 Å². The summed E-state index contributed by atoms with van der Waals surface area (Å²) in [4.78, 5) is 13.3. The normalized spacial score (nSPS) is 11.7. The molecule has 0 fully saturated rings. The third-order valence-electron chi connectivity index (χ3n) is 5.29. The molecule has 0 spiro atoms. The molecule has 1 N–H and O–H groups in total. The number of rotatable bonds is 7. The van der Waals surface area contributed by atoms with Crippen molar-refractivity contribution in [2.45, 2.75) is 39.5 Å². The van der Waals surface area contributed by atoms with Crippen LogP contribution in [0.4, 0.5) is 5.69 Å². The van der Waals surface area contributed by atoms with Gasteiger partial charge in [-0.15, -0.1) is 0 Å². The van der Waals surface area contributed by atoms with Crippen LogP contribution >= 0.6 is 0 Å². The van der Waals surface area contributed by atoms with E-state index in [1.807, 2.05) is 37.3 Å². The highest BCUT2D eigenvalue weighted by molar-refractivity contribution is 7.89. The number of nitrogens with one attached hydrogen (secondary N) is 1. The van der Waals surface area contributed by atoms with Crippen molar-refractivity contribution >= 4 is 21.6 Å². The Hall–Kier alpha value is -2.97. The maximum atomic E-state index is 13.1. The predicted octanol–water partition coefficient (Wildman–Crippen LogP) is 4.08. The number of nitrogens with zero attached hydrogens (tertiary/aromatic N) is 3. The Morgan fingerprint density at radius 2 is 1.68 bits per heavy atom. The number of hydrogen-bond donors (Lipinski definition) is 1. The van der Waals surface area contributed by atoms with E-state index >= 15 is 0 Å². The Kier molecular flexibility index (Phi) is 6.62. The van der Waals surface area contributed by atoms with Gasteiger partial charge in [-0.1, -0.05) is 38.1 Å². The highest BCUT2D eigenvalue weighted by atomic mass is 32.2. The van der Waals surface area contributed by atoms with Gasteiger partial charge in [-0.25, -0.2) is 13.1 Å².